The molecule has 0 bridgehead atoms. The molecule has 0 aromatic rings. The van der Waals surface area contributed by atoms with Gasteiger partial charge in [-0.05, 0) is 20.8 Å². The number of nitrogens with two attached hydrogens (primary N) is 1. The molecule has 1 amide bonds. The number of hydrogen-bond acceptors (Lipinski definition) is 5. The van der Waals surface area contributed by atoms with Gasteiger partial charge in [0, 0.05) is 26.2 Å². The van der Waals surface area contributed by atoms with Gasteiger partial charge < -0.3 is 20.6 Å². The fourth-order valence-corrected chi connectivity index (χ4v) is 1.96. The Morgan fingerprint density at radius 1 is 1.32 bits per heavy atom. The van der Waals surface area contributed by atoms with Crippen molar-refractivity contribution in [2.75, 3.05) is 32.8 Å². The second kappa shape index (κ2) is 7.30. The molecule has 0 aromatic carbocycles. The Morgan fingerprint density at radius 2 is 1.89 bits per heavy atom. The number of amidine groups is 1. The number of oxime groups is 1. The molecule has 1 heterocycles. The minimum atomic E-state index is -0.117. The quantitative estimate of drug-likeness (QED) is 0.310. The molecular weight excluding hydrogens is 248 g/mol. The molecule has 0 aliphatic carbocycles. The van der Waals surface area contributed by atoms with Gasteiger partial charge in [-0.1, -0.05) is 5.16 Å². The van der Waals surface area contributed by atoms with Gasteiger partial charge in [0.25, 0.3) is 0 Å². The maximum absolute atomic E-state index is 11.9. The van der Waals surface area contributed by atoms with E-state index in [4.69, 9.17) is 15.7 Å². The van der Waals surface area contributed by atoms with Crippen LogP contribution in [0.15, 0.2) is 5.16 Å². The molecule has 1 saturated heterocycles. The van der Waals surface area contributed by atoms with Gasteiger partial charge in [-0.2, -0.15) is 0 Å². The summed E-state index contributed by atoms with van der Waals surface area (Å²) < 4.78 is 5.31. The van der Waals surface area contributed by atoms with E-state index in [0.29, 0.717) is 26.2 Å². The van der Waals surface area contributed by atoms with Crippen LogP contribution in [0.5, 0.6) is 0 Å². The minimum absolute atomic E-state index is 0.0183. The van der Waals surface area contributed by atoms with E-state index >= 15 is 0 Å². The number of carbonyl (C=O) groups excluding carboxylic acids is 1. The van der Waals surface area contributed by atoms with Crippen LogP contribution in [0.4, 0.5) is 0 Å². The second-order valence-electron chi connectivity index (χ2n) is 4.98. The SMILES string of the molecule is CC(C)OCC(=O)N1CCN(C(C)C(N)=NO)CC1. The van der Waals surface area contributed by atoms with Crippen molar-refractivity contribution >= 4 is 11.7 Å². The Kier molecular flexibility index (Phi) is 6.04. The molecule has 0 aromatic heterocycles. The van der Waals surface area contributed by atoms with Crippen LogP contribution in [-0.4, -0.2) is 71.7 Å². The average Bonchev–Trinajstić information content (AvgIpc) is 2.43. The van der Waals surface area contributed by atoms with Crippen molar-refractivity contribution in [3.05, 3.63) is 0 Å². The van der Waals surface area contributed by atoms with Crippen molar-refractivity contribution in [2.45, 2.75) is 32.9 Å². The van der Waals surface area contributed by atoms with Gasteiger partial charge in [-0.25, -0.2) is 0 Å². The summed E-state index contributed by atoms with van der Waals surface area (Å²) >= 11 is 0. The highest BCUT2D eigenvalue weighted by Gasteiger charge is 2.25. The molecule has 3 N–H and O–H groups in total. The molecule has 7 nitrogen and oxygen atoms in total. The average molecular weight is 272 g/mol. The van der Waals surface area contributed by atoms with Gasteiger partial charge in [0.1, 0.15) is 6.61 Å². The molecule has 1 unspecified atom stereocenters. The van der Waals surface area contributed by atoms with Gasteiger partial charge in [0.15, 0.2) is 5.84 Å². The molecule has 0 spiro atoms. The number of amides is 1. The minimum Gasteiger partial charge on any atom is -0.409 e. The number of hydrogen-bond donors (Lipinski definition) is 2. The van der Waals surface area contributed by atoms with Crippen LogP contribution in [0, 0.1) is 0 Å². The van der Waals surface area contributed by atoms with Crippen LogP contribution in [0.25, 0.3) is 0 Å². The van der Waals surface area contributed by atoms with E-state index in [1.54, 1.807) is 4.90 Å². The van der Waals surface area contributed by atoms with Crippen molar-refractivity contribution in [1.82, 2.24) is 9.80 Å². The van der Waals surface area contributed by atoms with Crippen LogP contribution < -0.4 is 5.73 Å². The van der Waals surface area contributed by atoms with E-state index in [-0.39, 0.29) is 30.5 Å². The normalized spacial score (nSPS) is 19.8. The zero-order chi connectivity index (χ0) is 14.4. The molecule has 0 radical (unpaired) electrons. The van der Waals surface area contributed by atoms with Crippen molar-refractivity contribution in [2.24, 2.45) is 10.9 Å². The smallest absolute Gasteiger partial charge is 0.248 e. The summed E-state index contributed by atoms with van der Waals surface area (Å²) in [4.78, 5) is 15.7. The molecule has 1 aliphatic heterocycles. The second-order valence-corrected chi connectivity index (χ2v) is 4.98. The Hall–Kier alpha value is -1.34. The number of rotatable bonds is 5. The number of ether oxygens (including phenoxy) is 1. The predicted octanol–water partition coefficient (Wildman–Crippen LogP) is -0.309. The van der Waals surface area contributed by atoms with Crippen LogP contribution in [-0.2, 0) is 9.53 Å². The molecule has 110 valence electrons. The highest BCUT2D eigenvalue weighted by atomic mass is 16.5. The number of piperazine rings is 1. The lowest BCUT2D eigenvalue weighted by Gasteiger charge is -2.37. The van der Waals surface area contributed by atoms with Gasteiger partial charge in [0.2, 0.25) is 5.91 Å². The number of carbonyl (C=O) groups is 1. The third-order valence-electron chi connectivity index (χ3n) is 3.30. The first-order chi connectivity index (χ1) is 8.95. The van der Waals surface area contributed by atoms with E-state index < -0.39 is 0 Å². The predicted molar refractivity (Wildman–Crippen MR) is 72.1 cm³/mol. The van der Waals surface area contributed by atoms with E-state index in [1.165, 1.54) is 0 Å². The third-order valence-corrected chi connectivity index (χ3v) is 3.30. The standard InChI is InChI=1S/C12H24N4O3/c1-9(2)19-8-11(17)16-6-4-15(5-7-16)10(3)12(13)14-18/h9-10,18H,4-8H2,1-3H3,(H2,13,14). The van der Waals surface area contributed by atoms with Crippen LogP contribution in [0.2, 0.25) is 0 Å². The highest BCUT2D eigenvalue weighted by Crippen LogP contribution is 2.07. The van der Waals surface area contributed by atoms with E-state index in [0.717, 1.165) is 0 Å². The van der Waals surface area contributed by atoms with E-state index in [1.807, 2.05) is 20.8 Å². The molecule has 1 fully saturated rings. The summed E-state index contributed by atoms with van der Waals surface area (Å²) in [6, 6.07) is -0.117. The maximum atomic E-state index is 11.9. The lowest BCUT2D eigenvalue weighted by atomic mass is 10.2. The lowest BCUT2D eigenvalue weighted by molar-refractivity contribution is -0.139. The molecule has 1 rings (SSSR count). The van der Waals surface area contributed by atoms with Gasteiger partial charge in [-0.15, -0.1) is 0 Å². The molecule has 19 heavy (non-hydrogen) atoms. The summed E-state index contributed by atoms with van der Waals surface area (Å²) in [7, 11) is 0. The van der Waals surface area contributed by atoms with Crippen molar-refractivity contribution in [1.29, 1.82) is 0 Å². The van der Waals surface area contributed by atoms with E-state index in [2.05, 4.69) is 10.1 Å². The molecule has 0 saturated carbocycles. The van der Waals surface area contributed by atoms with Gasteiger partial charge >= 0.3 is 0 Å². The Balaban J connectivity index is 2.38. The van der Waals surface area contributed by atoms with Crippen LogP contribution in [0.3, 0.4) is 0 Å². The van der Waals surface area contributed by atoms with Crippen molar-refractivity contribution < 1.29 is 14.7 Å². The lowest BCUT2D eigenvalue weighted by Crippen LogP contribution is -2.54. The highest BCUT2D eigenvalue weighted by molar-refractivity contribution is 5.84. The summed E-state index contributed by atoms with van der Waals surface area (Å²) in [5.41, 5.74) is 5.58. The first-order valence-corrected chi connectivity index (χ1v) is 6.56. The zero-order valence-electron chi connectivity index (χ0n) is 11.9. The Bertz CT molecular complexity index is 325. The largest absolute Gasteiger partial charge is 0.409 e. The summed E-state index contributed by atoms with van der Waals surface area (Å²) in [6.07, 6.45) is 0.0609. The van der Waals surface area contributed by atoms with Gasteiger partial charge in [-0.3, -0.25) is 9.69 Å². The summed E-state index contributed by atoms with van der Waals surface area (Å²) in [6.45, 7) is 8.54. The Morgan fingerprint density at radius 3 is 2.37 bits per heavy atom. The van der Waals surface area contributed by atoms with Crippen molar-refractivity contribution in [3.8, 4) is 0 Å². The van der Waals surface area contributed by atoms with E-state index in [9.17, 15) is 4.79 Å². The Labute approximate surface area is 114 Å². The monoisotopic (exact) mass is 272 g/mol. The van der Waals surface area contributed by atoms with Crippen molar-refractivity contribution in [3.63, 3.8) is 0 Å². The van der Waals surface area contributed by atoms with Crippen LogP contribution in [0.1, 0.15) is 20.8 Å². The summed E-state index contributed by atoms with van der Waals surface area (Å²) in [5.74, 6) is 0.215. The van der Waals surface area contributed by atoms with Gasteiger partial charge in [0.05, 0.1) is 12.1 Å². The molecule has 7 heteroatoms. The first kappa shape index (κ1) is 15.7. The molecular formula is C12H24N4O3. The van der Waals surface area contributed by atoms with Crippen LogP contribution >= 0.6 is 0 Å². The third kappa shape index (κ3) is 4.68. The fourth-order valence-electron chi connectivity index (χ4n) is 1.96. The summed E-state index contributed by atoms with van der Waals surface area (Å²) in [5, 5.41) is 11.7. The molecule has 1 atom stereocenters. The molecule has 1 aliphatic rings. The fraction of sp³-hybridized carbons (Fsp3) is 0.833. The zero-order valence-corrected chi connectivity index (χ0v) is 11.9. The topological polar surface area (TPSA) is 91.4 Å². The maximum Gasteiger partial charge on any atom is 0.248 e. The number of nitrogens with zero attached hydrogens (tertiary/aromatic N) is 3. The first-order valence-electron chi connectivity index (χ1n) is 6.56.